The van der Waals surface area contributed by atoms with Crippen molar-refractivity contribution in [2.75, 3.05) is 18.8 Å². The van der Waals surface area contributed by atoms with Crippen LogP contribution in [0.25, 0.3) is 0 Å². The summed E-state index contributed by atoms with van der Waals surface area (Å²) in [6.45, 7) is 1.22. The molecule has 2 heterocycles. The van der Waals surface area contributed by atoms with Gasteiger partial charge in [-0.25, -0.2) is 8.42 Å². The van der Waals surface area contributed by atoms with Crippen LogP contribution in [0.15, 0.2) is 66.1 Å². The molecule has 0 saturated carbocycles. The molecule has 0 spiro atoms. The van der Waals surface area contributed by atoms with E-state index < -0.39 is 15.9 Å². The molecule has 2 aromatic carbocycles. The molecule has 1 fully saturated rings. The Morgan fingerprint density at radius 3 is 2.44 bits per heavy atom. The molecule has 168 valence electrons. The summed E-state index contributed by atoms with van der Waals surface area (Å²) in [4.78, 5) is 29.9. The van der Waals surface area contributed by atoms with Gasteiger partial charge < -0.3 is 9.80 Å². The van der Waals surface area contributed by atoms with E-state index in [-0.39, 0.29) is 23.5 Å². The van der Waals surface area contributed by atoms with Gasteiger partial charge in [0.15, 0.2) is 9.84 Å². The summed E-state index contributed by atoms with van der Waals surface area (Å²) in [6, 6.07) is 15.8. The molecule has 0 bridgehead atoms. The minimum atomic E-state index is -3.31. The molecule has 32 heavy (non-hydrogen) atoms. The van der Waals surface area contributed by atoms with E-state index in [1.807, 2.05) is 30.3 Å². The van der Waals surface area contributed by atoms with Crippen LogP contribution in [0.3, 0.4) is 0 Å². The second-order valence-electron chi connectivity index (χ2n) is 8.27. The third kappa shape index (κ3) is 5.22. The first-order chi connectivity index (χ1) is 15.3. The summed E-state index contributed by atoms with van der Waals surface area (Å²) in [5.74, 6) is -0.724. The second-order valence-corrected chi connectivity index (χ2v) is 10.6. The molecule has 0 N–H and O–H groups in total. The van der Waals surface area contributed by atoms with Crippen molar-refractivity contribution in [3.8, 4) is 0 Å². The molecule has 0 unspecified atom stereocenters. The maximum absolute atomic E-state index is 13.6. The number of piperidine rings is 1. The molecule has 2 aliphatic heterocycles. The minimum Gasteiger partial charge on any atom is -0.338 e. The summed E-state index contributed by atoms with van der Waals surface area (Å²) in [7, 11) is -3.31. The highest BCUT2D eigenvalue weighted by Crippen LogP contribution is 2.25. The van der Waals surface area contributed by atoms with Crippen molar-refractivity contribution in [1.29, 1.82) is 0 Å². The Morgan fingerprint density at radius 2 is 1.78 bits per heavy atom. The average Bonchev–Trinajstić information content (AvgIpc) is 3.17. The van der Waals surface area contributed by atoms with E-state index in [0.717, 1.165) is 5.56 Å². The van der Waals surface area contributed by atoms with Gasteiger partial charge in [0.1, 0.15) is 0 Å². The third-order valence-corrected chi connectivity index (χ3v) is 7.57. The fourth-order valence-corrected chi connectivity index (χ4v) is 5.69. The van der Waals surface area contributed by atoms with Crippen LogP contribution >= 0.6 is 11.6 Å². The highest BCUT2D eigenvalue weighted by molar-refractivity contribution is 7.94. The first-order valence-corrected chi connectivity index (χ1v) is 12.7. The fraction of sp³-hybridized carbons (Fsp3) is 0.333. The molecule has 0 radical (unpaired) electrons. The molecular formula is C24H25ClN2O4S. The van der Waals surface area contributed by atoms with Gasteiger partial charge in [0.2, 0.25) is 5.91 Å². The molecule has 2 atom stereocenters. The zero-order valence-electron chi connectivity index (χ0n) is 17.6. The highest BCUT2D eigenvalue weighted by Gasteiger charge is 2.36. The number of likely N-dealkylation sites (tertiary alicyclic amines) is 1. The lowest BCUT2D eigenvalue weighted by Gasteiger charge is -2.37. The lowest BCUT2D eigenvalue weighted by Crippen LogP contribution is -2.49. The fourth-order valence-electron chi connectivity index (χ4n) is 4.26. The number of hydrogen-bond donors (Lipinski definition) is 0. The quantitative estimate of drug-likeness (QED) is 0.667. The highest BCUT2D eigenvalue weighted by atomic mass is 35.5. The number of rotatable bonds is 5. The smallest absolute Gasteiger partial charge is 0.253 e. The first kappa shape index (κ1) is 22.6. The van der Waals surface area contributed by atoms with Crippen LogP contribution in [0.1, 0.15) is 28.8 Å². The first-order valence-electron chi connectivity index (χ1n) is 10.6. The van der Waals surface area contributed by atoms with Crippen LogP contribution in [0, 0.1) is 5.92 Å². The van der Waals surface area contributed by atoms with Gasteiger partial charge in [-0.2, -0.15) is 0 Å². The van der Waals surface area contributed by atoms with E-state index in [1.54, 1.807) is 40.1 Å². The molecule has 2 aromatic rings. The lowest BCUT2D eigenvalue weighted by atomic mass is 9.95. The number of carbonyl (C=O) groups is 2. The standard InChI is InChI=1S/C24H25ClN2O4S/c25-21-10-8-19(9-11-21)23(28)26-13-4-7-20(16-26)24(29)27(15-18-5-2-1-3-6-18)22-12-14-32(30,31)17-22/h1-3,5-6,8-12,14,20,22H,4,7,13,15-17H2/t20-,22-/m0/s1. The van der Waals surface area contributed by atoms with E-state index in [1.165, 1.54) is 5.41 Å². The van der Waals surface area contributed by atoms with E-state index in [0.29, 0.717) is 43.1 Å². The van der Waals surface area contributed by atoms with Crippen LogP contribution in [0.4, 0.5) is 0 Å². The van der Waals surface area contributed by atoms with Crippen LogP contribution in [0.2, 0.25) is 5.02 Å². The maximum atomic E-state index is 13.6. The van der Waals surface area contributed by atoms with Gasteiger partial charge in [0.05, 0.1) is 17.7 Å². The van der Waals surface area contributed by atoms with E-state index in [2.05, 4.69) is 0 Å². The zero-order chi connectivity index (χ0) is 22.7. The van der Waals surface area contributed by atoms with Crippen molar-refractivity contribution >= 4 is 33.3 Å². The largest absolute Gasteiger partial charge is 0.338 e. The van der Waals surface area contributed by atoms with Crippen LogP contribution in [-0.2, 0) is 21.2 Å². The average molecular weight is 473 g/mol. The van der Waals surface area contributed by atoms with Crippen molar-refractivity contribution < 1.29 is 18.0 Å². The third-order valence-electron chi connectivity index (χ3n) is 5.94. The summed E-state index contributed by atoms with van der Waals surface area (Å²) in [5, 5.41) is 1.75. The van der Waals surface area contributed by atoms with Crippen LogP contribution in [-0.4, -0.2) is 54.9 Å². The number of hydrogen-bond acceptors (Lipinski definition) is 4. The van der Waals surface area contributed by atoms with Crippen molar-refractivity contribution in [2.24, 2.45) is 5.92 Å². The van der Waals surface area contributed by atoms with Gasteiger partial charge >= 0.3 is 0 Å². The number of nitrogens with zero attached hydrogens (tertiary/aromatic N) is 2. The molecular weight excluding hydrogens is 448 g/mol. The van der Waals surface area contributed by atoms with Crippen molar-refractivity contribution in [2.45, 2.75) is 25.4 Å². The predicted octanol–water partition coefficient (Wildman–Crippen LogP) is 3.53. The number of sulfone groups is 1. The molecule has 1 saturated heterocycles. The Labute approximate surface area is 193 Å². The monoisotopic (exact) mass is 472 g/mol. The van der Waals surface area contributed by atoms with E-state index >= 15 is 0 Å². The molecule has 6 nitrogen and oxygen atoms in total. The van der Waals surface area contributed by atoms with Crippen molar-refractivity contribution in [3.05, 3.63) is 82.2 Å². The Bertz CT molecular complexity index is 1120. The van der Waals surface area contributed by atoms with Gasteiger partial charge in [-0.3, -0.25) is 9.59 Å². The molecule has 0 aliphatic carbocycles. The predicted molar refractivity (Wildman–Crippen MR) is 124 cm³/mol. The number of carbonyl (C=O) groups excluding carboxylic acids is 2. The normalized spacial score (nSPS) is 22.0. The second kappa shape index (κ2) is 9.46. The number of halogens is 1. The molecule has 2 aliphatic rings. The number of amides is 2. The van der Waals surface area contributed by atoms with Crippen LogP contribution < -0.4 is 0 Å². The van der Waals surface area contributed by atoms with Crippen molar-refractivity contribution in [1.82, 2.24) is 9.80 Å². The van der Waals surface area contributed by atoms with Crippen LogP contribution in [0.5, 0.6) is 0 Å². The summed E-state index contributed by atoms with van der Waals surface area (Å²) in [5.41, 5.74) is 1.47. The Kier molecular flexibility index (Phi) is 6.67. The van der Waals surface area contributed by atoms with Gasteiger partial charge in [0.25, 0.3) is 5.91 Å². The number of benzene rings is 2. The maximum Gasteiger partial charge on any atom is 0.253 e. The van der Waals surface area contributed by atoms with Crippen molar-refractivity contribution in [3.63, 3.8) is 0 Å². The van der Waals surface area contributed by atoms with Gasteiger partial charge in [-0.05, 0) is 48.7 Å². The van der Waals surface area contributed by atoms with Gasteiger partial charge in [-0.15, -0.1) is 0 Å². The Morgan fingerprint density at radius 1 is 1.06 bits per heavy atom. The SMILES string of the molecule is O=C(c1ccc(Cl)cc1)N1CCC[C@H](C(=O)N(Cc2ccccc2)[C@H]2C=CS(=O)(=O)C2)C1. The topological polar surface area (TPSA) is 74.8 Å². The lowest BCUT2D eigenvalue weighted by molar-refractivity contribution is -0.138. The van der Waals surface area contributed by atoms with Gasteiger partial charge in [-0.1, -0.05) is 41.9 Å². The zero-order valence-corrected chi connectivity index (χ0v) is 19.1. The molecule has 2 amide bonds. The minimum absolute atomic E-state index is 0.105. The Hall–Kier alpha value is -2.64. The summed E-state index contributed by atoms with van der Waals surface area (Å²) in [6.07, 6.45) is 2.97. The van der Waals surface area contributed by atoms with Gasteiger partial charge in [0, 0.05) is 35.6 Å². The molecule has 0 aromatic heterocycles. The summed E-state index contributed by atoms with van der Waals surface area (Å²) < 4.78 is 24.1. The van der Waals surface area contributed by atoms with E-state index in [9.17, 15) is 18.0 Å². The molecule has 4 rings (SSSR count). The molecule has 8 heteroatoms. The summed E-state index contributed by atoms with van der Waals surface area (Å²) >= 11 is 5.93. The Balaban J connectivity index is 1.52. The van der Waals surface area contributed by atoms with E-state index in [4.69, 9.17) is 11.6 Å².